The van der Waals surface area contributed by atoms with E-state index >= 15 is 0 Å². The highest BCUT2D eigenvalue weighted by molar-refractivity contribution is 5.15. The van der Waals surface area contributed by atoms with Gasteiger partial charge in [0, 0.05) is 11.8 Å². The highest BCUT2D eigenvalue weighted by atomic mass is 19.3. The van der Waals surface area contributed by atoms with Gasteiger partial charge in [-0.1, -0.05) is 6.92 Å². The summed E-state index contributed by atoms with van der Waals surface area (Å²) in [5, 5.41) is 0. The van der Waals surface area contributed by atoms with E-state index in [1.54, 1.807) is 0 Å². The van der Waals surface area contributed by atoms with Gasteiger partial charge in [0.1, 0.15) is 0 Å². The molecule has 2 saturated carbocycles. The molecule has 0 aromatic rings. The van der Waals surface area contributed by atoms with Gasteiger partial charge in [-0.25, -0.2) is 8.78 Å². The van der Waals surface area contributed by atoms with Gasteiger partial charge in [-0.05, 0) is 18.8 Å². The summed E-state index contributed by atoms with van der Waals surface area (Å²) in [4.78, 5) is 0. The molecule has 0 heterocycles. The van der Waals surface area contributed by atoms with Crippen LogP contribution in [0.5, 0.6) is 0 Å². The minimum absolute atomic E-state index is 0.171. The van der Waals surface area contributed by atoms with Crippen molar-refractivity contribution in [3.63, 3.8) is 0 Å². The fourth-order valence-electron chi connectivity index (χ4n) is 2.10. The molecule has 0 amide bonds. The summed E-state index contributed by atoms with van der Waals surface area (Å²) in [5.74, 6) is -1.72. The molecule has 0 N–H and O–H groups in total. The van der Waals surface area contributed by atoms with Crippen LogP contribution in [0, 0.1) is 11.3 Å². The predicted molar refractivity (Wildman–Crippen MR) is 30.4 cm³/mol. The fraction of sp³-hybridized carbons (Fsp3) is 1.00. The normalized spacial score (nSPS) is 53.0. The molecule has 0 aliphatic heterocycles. The van der Waals surface area contributed by atoms with E-state index in [2.05, 4.69) is 0 Å². The lowest BCUT2D eigenvalue weighted by Crippen LogP contribution is -2.27. The monoisotopic (exact) mass is 132 g/mol. The molecule has 0 nitrogen and oxygen atoms in total. The Morgan fingerprint density at radius 1 is 1.33 bits per heavy atom. The molecule has 9 heavy (non-hydrogen) atoms. The maximum atomic E-state index is 12.4. The van der Waals surface area contributed by atoms with Gasteiger partial charge in [-0.15, -0.1) is 0 Å². The van der Waals surface area contributed by atoms with E-state index in [4.69, 9.17) is 0 Å². The van der Waals surface area contributed by atoms with Crippen molar-refractivity contribution in [2.45, 2.75) is 32.1 Å². The first-order valence-corrected chi connectivity index (χ1v) is 3.44. The molecule has 0 unspecified atom stereocenters. The Morgan fingerprint density at radius 2 is 1.78 bits per heavy atom. The topological polar surface area (TPSA) is 0 Å². The van der Waals surface area contributed by atoms with Crippen molar-refractivity contribution in [2.24, 2.45) is 11.3 Å². The summed E-state index contributed by atoms with van der Waals surface area (Å²) < 4.78 is 24.8. The summed E-state index contributed by atoms with van der Waals surface area (Å²) in [6.45, 7) is 2.04. The van der Waals surface area contributed by atoms with Gasteiger partial charge in [-0.3, -0.25) is 0 Å². The third kappa shape index (κ3) is 0.516. The van der Waals surface area contributed by atoms with E-state index in [-0.39, 0.29) is 6.42 Å². The molecule has 2 aliphatic rings. The minimum atomic E-state index is -2.28. The number of alkyl halides is 2. The molecule has 2 heteroatoms. The maximum absolute atomic E-state index is 12.4. The SMILES string of the molecule is CC1CC2(C1)CC2(F)F. The standard InChI is InChI=1S/C7H10F2/c1-5-2-6(3-5)4-7(6,8)9/h5H,2-4H2,1H3. The lowest BCUT2D eigenvalue weighted by Gasteiger charge is -2.32. The number of hydrogen-bond donors (Lipinski definition) is 0. The molecule has 2 aliphatic carbocycles. The first-order chi connectivity index (χ1) is 4.06. The fourth-order valence-corrected chi connectivity index (χ4v) is 2.10. The zero-order valence-corrected chi connectivity index (χ0v) is 5.45. The maximum Gasteiger partial charge on any atom is 0.254 e. The zero-order chi connectivity index (χ0) is 6.70. The first-order valence-electron chi connectivity index (χ1n) is 3.44. The molecule has 0 bridgehead atoms. The van der Waals surface area contributed by atoms with E-state index < -0.39 is 11.3 Å². The first kappa shape index (κ1) is 5.63. The zero-order valence-electron chi connectivity index (χ0n) is 5.45. The average Bonchev–Trinajstić information content (AvgIpc) is 2.06. The average molecular weight is 132 g/mol. The third-order valence-corrected chi connectivity index (χ3v) is 2.69. The second-order valence-corrected chi connectivity index (χ2v) is 3.67. The lowest BCUT2D eigenvalue weighted by molar-refractivity contribution is 0.00668. The van der Waals surface area contributed by atoms with Crippen molar-refractivity contribution < 1.29 is 8.78 Å². The highest BCUT2D eigenvalue weighted by Crippen LogP contribution is 2.72. The second kappa shape index (κ2) is 1.16. The Bertz CT molecular complexity index is 145. The Kier molecular flexibility index (Phi) is 0.725. The molecular weight excluding hydrogens is 122 g/mol. The van der Waals surface area contributed by atoms with E-state index in [9.17, 15) is 8.78 Å². The van der Waals surface area contributed by atoms with Gasteiger partial charge < -0.3 is 0 Å². The largest absolute Gasteiger partial charge is 0.254 e. The van der Waals surface area contributed by atoms with E-state index in [1.165, 1.54) is 0 Å². The van der Waals surface area contributed by atoms with Crippen LogP contribution in [-0.2, 0) is 0 Å². The summed E-state index contributed by atoms with van der Waals surface area (Å²) in [7, 11) is 0. The van der Waals surface area contributed by atoms with E-state index in [0.29, 0.717) is 5.92 Å². The van der Waals surface area contributed by atoms with Gasteiger partial charge in [0.05, 0.1) is 0 Å². The summed E-state index contributed by atoms with van der Waals surface area (Å²) in [6.07, 6.45) is 1.70. The van der Waals surface area contributed by atoms with Crippen LogP contribution in [0.3, 0.4) is 0 Å². The summed E-state index contributed by atoms with van der Waals surface area (Å²) >= 11 is 0. The van der Waals surface area contributed by atoms with Crippen LogP contribution < -0.4 is 0 Å². The van der Waals surface area contributed by atoms with Gasteiger partial charge in [0.2, 0.25) is 0 Å². The molecule has 0 radical (unpaired) electrons. The van der Waals surface area contributed by atoms with Crippen molar-refractivity contribution in [1.82, 2.24) is 0 Å². The van der Waals surface area contributed by atoms with Crippen molar-refractivity contribution in [1.29, 1.82) is 0 Å². The molecule has 0 atom stereocenters. The number of halogens is 2. The Hall–Kier alpha value is -0.140. The van der Waals surface area contributed by atoms with Gasteiger partial charge in [0.15, 0.2) is 0 Å². The molecule has 0 aromatic heterocycles. The Labute approximate surface area is 53.2 Å². The number of rotatable bonds is 0. The van der Waals surface area contributed by atoms with Crippen LogP contribution in [0.4, 0.5) is 8.78 Å². The van der Waals surface area contributed by atoms with Crippen LogP contribution in [0.15, 0.2) is 0 Å². The highest BCUT2D eigenvalue weighted by Gasteiger charge is 2.74. The van der Waals surface area contributed by atoms with Gasteiger partial charge in [0.25, 0.3) is 5.92 Å². The van der Waals surface area contributed by atoms with Crippen molar-refractivity contribution >= 4 is 0 Å². The molecule has 52 valence electrons. The lowest BCUT2D eigenvalue weighted by atomic mass is 9.72. The second-order valence-electron chi connectivity index (χ2n) is 3.67. The summed E-state index contributed by atoms with van der Waals surface area (Å²) in [6, 6.07) is 0. The van der Waals surface area contributed by atoms with Crippen molar-refractivity contribution in [3.05, 3.63) is 0 Å². The van der Waals surface area contributed by atoms with Gasteiger partial charge in [-0.2, -0.15) is 0 Å². The molecule has 0 aromatic carbocycles. The van der Waals surface area contributed by atoms with E-state index in [0.717, 1.165) is 12.8 Å². The van der Waals surface area contributed by atoms with Crippen LogP contribution in [-0.4, -0.2) is 5.92 Å². The molecule has 2 rings (SSSR count). The molecular formula is C7H10F2. The van der Waals surface area contributed by atoms with Crippen LogP contribution in [0.25, 0.3) is 0 Å². The summed E-state index contributed by atoms with van der Waals surface area (Å²) in [5.41, 5.74) is -0.494. The predicted octanol–water partition coefficient (Wildman–Crippen LogP) is 2.44. The van der Waals surface area contributed by atoms with Crippen LogP contribution in [0.1, 0.15) is 26.2 Å². The Morgan fingerprint density at radius 3 is 1.89 bits per heavy atom. The molecule has 2 fully saturated rings. The Balaban J connectivity index is 2.03. The van der Waals surface area contributed by atoms with Crippen LogP contribution >= 0.6 is 0 Å². The van der Waals surface area contributed by atoms with Gasteiger partial charge >= 0.3 is 0 Å². The quantitative estimate of drug-likeness (QED) is 0.475. The third-order valence-electron chi connectivity index (χ3n) is 2.69. The minimum Gasteiger partial charge on any atom is -0.206 e. The van der Waals surface area contributed by atoms with Crippen LogP contribution in [0.2, 0.25) is 0 Å². The van der Waals surface area contributed by atoms with Crippen molar-refractivity contribution in [3.8, 4) is 0 Å². The number of hydrogen-bond acceptors (Lipinski definition) is 0. The smallest absolute Gasteiger partial charge is 0.206 e. The molecule has 1 spiro atoms. The van der Waals surface area contributed by atoms with E-state index in [1.807, 2.05) is 6.92 Å². The van der Waals surface area contributed by atoms with Crippen molar-refractivity contribution in [2.75, 3.05) is 0 Å². The molecule has 0 saturated heterocycles.